The van der Waals surface area contributed by atoms with Gasteiger partial charge in [0.2, 0.25) is 10.0 Å². The topological polar surface area (TPSA) is 66.9 Å². The van der Waals surface area contributed by atoms with Crippen molar-refractivity contribution in [3.63, 3.8) is 0 Å². The maximum absolute atomic E-state index is 15.2. The molecule has 2 aliphatic rings. The molecule has 10 heteroatoms. The molecule has 0 spiro atoms. The molecule has 1 aliphatic heterocycles. The molecule has 6 nitrogen and oxygen atoms in total. The average molecular weight is 660 g/mol. The van der Waals surface area contributed by atoms with E-state index in [2.05, 4.69) is 0 Å². The van der Waals surface area contributed by atoms with Crippen molar-refractivity contribution in [1.29, 1.82) is 0 Å². The first kappa shape index (κ1) is 32.5. The Morgan fingerprint density at radius 2 is 1.73 bits per heavy atom. The van der Waals surface area contributed by atoms with Crippen molar-refractivity contribution in [1.82, 2.24) is 4.90 Å². The standard InChI is InChI=1S/C34H37Cl2FN2O4S/c1-4-9-22(3)32-34(40)39(27(5-2)21-38(44(41,42)28-18-19-28)30-13-7-6-12-29(30)37)31(23-14-16-25(35)17-15-23)33(43-32)24-10-8-11-26(36)20-24/h4,6-17,20,22,27-28,31-33H,5,18-19,21H2,1-3H3/t22?,27?,31-,32+,33-/m1/s1. The van der Waals surface area contributed by atoms with Gasteiger partial charge >= 0.3 is 0 Å². The number of carbonyl (C=O) groups excluding carboxylic acids is 1. The number of halogens is 3. The number of amides is 1. The van der Waals surface area contributed by atoms with Gasteiger partial charge in [-0.15, -0.1) is 0 Å². The van der Waals surface area contributed by atoms with Crippen molar-refractivity contribution < 1.29 is 22.3 Å². The van der Waals surface area contributed by atoms with Crippen LogP contribution in [0, 0.1) is 11.7 Å². The lowest BCUT2D eigenvalue weighted by Gasteiger charge is -2.49. The maximum atomic E-state index is 15.2. The number of sulfonamides is 1. The van der Waals surface area contributed by atoms with E-state index < -0.39 is 45.4 Å². The first-order chi connectivity index (χ1) is 21.1. The third-order valence-electron chi connectivity index (χ3n) is 8.35. The van der Waals surface area contributed by atoms with E-state index in [-0.39, 0.29) is 24.1 Å². The fourth-order valence-corrected chi connectivity index (χ4v) is 8.18. The van der Waals surface area contributed by atoms with Crippen LogP contribution in [0.4, 0.5) is 10.1 Å². The number of hydrogen-bond donors (Lipinski definition) is 0. The largest absolute Gasteiger partial charge is 0.357 e. The van der Waals surface area contributed by atoms with Gasteiger partial charge in [0, 0.05) is 16.0 Å². The SMILES string of the molecule is CC=CC(C)[C@@H]1O[C@H](c2cccc(Cl)c2)[C@@H](c2ccc(Cl)cc2)N(C(CC)CN(c2ccccc2F)S(=O)(=O)C2CC2)C1=O. The van der Waals surface area contributed by atoms with E-state index in [0.717, 1.165) is 11.1 Å². The van der Waals surface area contributed by atoms with Crippen LogP contribution in [0.25, 0.3) is 0 Å². The number of para-hydroxylation sites is 1. The molecule has 0 bridgehead atoms. The zero-order valence-corrected chi connectivity index (χ0v) is 27.3. The van der Waals surface area contributed by atoms with Crippen molar-refractivity contribution in [2.24, 2.45) is 5.92 Å². The highest BCUT2D eigenvalue weighted by Crippen LogP contribution is 2.46. The number of benzene rings is 3. The van der Waals surface area contributed by atoms with Gasteiger partial charge in [0.1, 0.15) is 18.0 Å². The van der Waals surface area contributed by atoms with Crippen LogP contribution in [0.2, 0.25) is 10.0 Å². The van der Waals surface area contributed by atoms with Gasteiger partial charge in [-0.3, -0.25) is 9.10 Å². The second-order valence-electron chi connectivity index (χ2n) is 11.4. The Morgan fingerprint density at radius 3 is 2.34 bits per heavy atom. The van der Waals surface area contributed by atoms with E-state index in [4.69, 9.17) is 27.9 Å². The van der Waals surface area contributed by atoms with E-state index in [9.17, 15) is 13.2 Å². The fraction of sp³-hybridized carbons (Fsp3) is 0.382. The number of morpholine rings is 1. The van der Waals surface area contributed by atoms with Crippen molar-refractivity contribution in [3.8, 4) is 0 Å². The smallest absolute Gasteiger partial charge is 0.253 e. The Morgan fingerprint density at radius 1 is 1.02 bits per heavy atom. The Bertz CT molecular complexity index is 1610. The molecular formula is C34H37Cl2FN2O4S. The summed E-state index contributed by atoms with van der Waals surface area (Å²) in [5, 5.41) is 0.486. The number of ether oxygens (including phenoxy) is 1. The number of nitrogens with zero attached hydrogens (tertiary/aromatic N) is 2. The van der Waals surface area contributed by atoms with Crippen molar-refractivity contribution in [2.45, 2.75) is 69.6 Å². The molecule has 5 rings (SSSR count). The highest BCUT2D eigenvalue weighted by atomic mass is 35.5. The number of anilines is 1. The summed E-state index contributed by atoms with van der Waals surface area (Å²) in [7, 11) is -3.88. The van der Waals surface area contributed by atoms with E-state index in [0.29, 0.717) is 29.3 Å². The molecular weight excluding hydrogens is 622 g/mol. The average Bonchev–Trinajstić information content (AvgIpc) is 3.86. The summed E-state index contributed by atoms with van der Waals surface area (Å²) in [4.78, 5) is 16.4. The van der Waals surface area contributed by atoms with E-state index >= 15 is 4.39 Å². The summed E-state index contributed by atoms with van der Waals surface area (Å²) in [6, 6.07) is 19.2. The minimum Gasteiger partial charge on any atom is -0.357 e. The third kappa shape index (κ3) is 6.69. The van der Waals surface area contributed by atoms with Crippen LogP contribution in [0.1, 0.15) is 63.3 Å². The zero-order chi connectivity index (χ0) is 31.6. The normalized spacial score (nSPS) is 22.3. The number of rotatable bonds is 11. The summed E-state index contributed by atoms with van der Waals surface area (Å²) < 4.78 is 50.7. The third-order valence-corrected chi connectivity index (χ3v) is 11.1. The molecule has 2 unspecified atom stereocenters. The first-order valence-electron chi connectivity index (χ1n) is 14.9. The molecule has 0 N–H and O–H groups in total. The molecule has 1 heterocycles. The van der Waals surface area contributed by atoms with Crippen LogP contribution in [0.3, 0.4) is 0 Å². The lowest BCUT2D eigenvalue weighted by Crippen LogP contribution is -2.59. The molecule has 1 saturated carbocycles. The Kier molecular flexibility index (Phi) is 10.0. The summed E-state index contributed by atoms with van der Waals surface area (Å²) >= 11 is 12.7. The highest BCUT2D eigenvalue weighted by Gasteiger charge is 2.49. The molecule has 44 heavy (non-hydrogen) atoms. The Hall–Kier alpha value is -2.91. The zero-order valence-electron chi connectivity index (χ0n) is 24.9. The van der Waals surface area contributed by atoms with Gasteiger partial charge in [-0.05, 0) is 73.7 Å². The van der Waals surface area contributed by atoms with Gasteiger partial charge in [-0.1, -0.05) is 85.6 Å². The number of allylic oxidation sites excluding steroid dienone is 1. The molecule has 0 radical (unpaired) electrons. The lowest BCUT2D eigenvalue weighted by molar-refractivity contribution is -0.183. The summed E-state index contributed by atoms with van der Waals surface area (Å²) in [5.74, 6) is -1.18. The van der Waals surface area contributed by atoms with Crippen LogP contribution >= 0.6 is 23.2 Å². The summed E-state index contributed by atoms with van der Waals surface area (Å²) in [6.07, 6.45) is 3.76. The Balaban J connectivity index is 1.67. The molecule has 1 amide bonds. The van der Waals surface area contributed by atoms with Crippen molar-refractivity contribution >= 4 is 44.8 Å². The van der Waals surface area contributed by atoms with Crippen LogP contribution in [0.15, 0.2) is 84.9 Å². The molecule has 234 valence electrons. The summed E-state index contributed by atoms with van der Waals surface area (Å²) in [6.45, 7) is 5.60. The first-order valence-corrected chi connectivity index (χ1v) is 17.2. The van der Waals surface area contributed by atoms with Crippen LogP contribution in [-0.4, -0.2) is 43.2 Å². The minimum absolute atomic E-state index is 0.0215. The van der Waals surface area contributed by atoms with Gasteiger partial charge in [0.25, 0.3) is 5.91 Å². The molecule has 1 aliphatic carbocycles. The number of carbonyl (C=O) groups is 1. The van der Waals surface area contributed by atoms with E-state index in [1.165, 1.54) is 22.5 Å². The molecule has 2 fully saturated rings. The van der Waals surface area contributed by atoms with Gasteiger partial charge in [-0.25, -0.2) is 12.8 Å². The predicted molar refractivity (Wildman–Crippen MR) is 174 cm³/mol. The predicted octanol–water partition coefficient (Wildman–Crippen LogP) is 8.13. The maximum Gasteiger partial charge on any atom is 0.253 e. The molecule has 3 aromatic carbocycles. The quantitative estimate of drug-likeness (QED) is 0.195. The van der Waals surface area contributed by atoms with Gasteiger partial charge in [0.05, 0.1) is 29.6 Å². The molecule has 0 aromatic heterocycles. The van der Waals surface area contributed by atoms with Crippen LogP contribution in [-0.2, 0) is 19.6 Å². The van der Waals surface area contributed by atoms with Gasteiger partial charge < -0.3 is 9.64 Å². The Labute approximate surface area is 269 Å². The monoisotopic (exact) mass is 658 g/mol. The second-order valence-corrected chi connectivity index (χ2v) is 14.5. The van der Waals surface area contributed by atoms with Crippen LogP contribution in [0.5, 0.6) is 0 Å². The summed E-state index contributed by atoms with van der Waals surface area (Å²) in [5.41, 5.74) is 1.52. The highest BCUT2D eigenvalue weighted by molar-refractivity contribution is 7.93. The van der Waals surface area contributed by atoms with E-state index in [1.807, 2.05) is 63.3 Å². The minimum atomic E-state index is -3.88. The van der Waals surface area contributed by atoms with Crippen molar-refractivity contribution in [2.75, 3.05) is 10.8 Å². The second kappa shape index (κ2) is 13.6. The lowest BCUT2D eigenvalue weighted by atomic mass is 9.88. The molecule has 5 atom stereocenters. The van der Waals surface area contributed by atoms with Crippen molar-refractivity contribution in [3.05, 3.63) is 112 Å². The molecule has 3 aromatic rings. The fourth-order valence-electron chi connectivity index (χ4n) is 5.96. The number of hydrogen-bond acceptors (Lipinski definition) is 4. The van der Waals surface area contributed by atoms with Gasteiger partial charge in [0.15, 0.2) is 0 Å². The van der Waals surface area contributed by atoms with Crippen LogP contribution < -0.4 is 4.31 Å². The van der Waals surface area contributed by atoms with E-state index in [1.54, 1.807) is 29.2 Å². The molecule has 1 saturated heterocycles. The van der Waals surface area contributed by atoms with Gasteiger partial charge in [-0.2, -0.15) is 0 Å².